The minimum Gasteiger partial charge on any atom is -0.306 e. The Morgan fingerprint density at radius 2 is 0.589 bits per heavy atom. The van der Waals surface area contributed by atoms with Crippen molar-refractivity contribution in [1.29, 1.82) is 0 Å². The van der Waals surface area contributed by atoms with Crippen molar-refractivity contribution in [3.63, 3.8) is 0 Å². The van der Waals surface area contributed by atoms with Crippen molar-refractivity contribution in [1.82, 2.24) is 19.1 Å². The molecule has 8 aromatic carbocycles. The Morgan fingerprint density at radius 3 is 0.964 bits per heavy atom. The van der Waals surface area contributed by atoms with Crippen molar-refractivity contribution < 1.29 is 0 Å². The van der Waals surface area contributed by atoms with Crippen LogP contribution >= 0.6 is 0 Å². The molecule has 0 saturated heterocycles. The number of hydrogen-bond acceptors (Lipinski definition) is 4. The van der Waals surface area contributed by atoms with Gasteiger partial charge in [0.2, 0.25) is 0 Å². The zero-order chi connectivity index (χ0) is 37.0. The maximum Gasteiger partial charge on any atom is 0.145 e. The first-order valence-electron chi connectivity index (χ1n) is 18.9. The maximum absolute atomic E-state index is 5.11. The quantitative estimate of drug-likeness (QED) is 0.172. The van der Waals surface area contributed by atoms with Gasteiger partial charge in [-0.3, -0.25) is 9.13 Å². The summed E-state index contributed by atoms with van der Waals surface area (Å²) in [4.78, 5) is 14.9. The molecule has 11 rings (SSSR count). The van der Waals surface area contributed by atoms with E-state index >= 15 is 0 Å². The molecule has 1 aliphatic rings. The Kier molecular flexibility index (Phi) is 7.38. The molecule has 0 radical (unpaired) electrons. The standard InChI is InChI=1S/C50H34N6/c1-3-15-37(16-4-1)55-43-21-9-7-19-41(43)51-49(55)35-27-31-39(32-28-35)53-45-23-11-13-25-47(45)54(48-26-14-12-24-46(48)53)40-33-29-36(30-34-40)50-52-42-20-8-10-22-44(42)56(50)38-17-5-2-6-18-38/h1-34H. The molecule has 0 atom stereocenters. The van der Waals surface area contributed by atoms with Crippen molar-refractivity contribution in [3.05, 3.63) is 206 Å². The minimum atomic E-state index is 0.914. The Balaban J connectivity index is 0.985. The highest BCUT2D eigenvalue weighted by Gasteiger charge is 2.30. The second kappa shape index (κ2) is 13.0. The Bertz CT molecular complexity index is 2760. The summed E-state index contributed by atoms with van der Waals surface area (Å²) in [6, 6.07) is 72.5. The number of fused-ring (bicyclic) bond motifs is 4. The van der Waals surface area contributed by atoms with E-state index < -0.39 is 0 Å². The lowest BCUT2D eigenvalue weighted by atomic mass is 10.0. The number of para-hydroxylation sites is 10. The predicted molar refractivity (Wildman–Crippen MR) is 229 cm³/mol. The molecule has 0 aliphatic carbocycles. The van der Waals surface area contributed by atoms with Crippen LogP contribution in [0.4, 0.5) is 34.1 Å². The average molecular weight is 719 g/mol. The fourth-order valence-corrected chi connectivity index (χ4v) is 8.14. The van der Waals surface area contributed by atoms with Gasteiger partial charge in [0.1, 0.15) is 11.6 Å². The number of nitrogens with zero attached hydrogens (tertiary/aromatic N) is 6. The van der Waals surface area contributed by atoms with Crippen molar-refractivity contribution in [2.45, 2.75) is 0 Å². The zero-order valence-corrected chi connectivity index (χ0v) is 30.3. The topological polar surface area (TPSA) is 42.1 Å². The maximum atomic E-state index is 5.11. The van der Waals surface area contributed by atoms with Crippen LogP contribution in [-0.4, -0.2) is 19.1 Å². The van der Waals surface area contributed by atoms with E-state index in [9.17, 15) is 0 Å². The monoisotopic (exact) mass is 718 g/mol. The van der Waals surface area contributed by atoms with Crippen LogP contribution in [0.25, 0.3) is 56.2 Å². The summed E-state index contributed by atoms with van der Waals surface area (Å²) in [7, 11) is 0. The van der Waals surface area contributed by atoms with Crippen molar-refractivity contribution in [3.8, 4) is 34.2 Å². The van der Waals surface area contributed by atoms with Gasteiger partial charge in [0, 0.05) is 33.9 Å². The number of anilines is 6. The molecule has 0 amide bonds. The first kappa shape index (κ1) is 31.8. The number of aromatic nitrogens is 4. The summed E-state index contributed by atoms with van der Waals surface area (Å²) in [5.74, 6) is 1.83. The van der Waals surface area contributed by atoms with Crippen LogP contribution in [-0.2, 0) is 0 Å². The van der Waals surface area contributed by atoms with Crippen LogP contribution in [0.1, 0.15) is 0 Å². The largest absolute Gasteiger partial charge is 0.306 e. The third-order valence-corrected chi connectivity index (χ3v) is 10.6. The van der Waals surface area contributed by atoms with E-state index in [1.54, 1.807) is 0 Å². The summed E-state index contributed by atoms with van der Waals surface area (Å²) < 4.78 is 4.49. The van der Waals surface area contributed by atoms with Crippen molar-refractivity contribution in [2.75, 3.05) is 9.80 Å². The Labute approximate surface area is 324 Å². The van der Waals surface area contributed by atoms with Gasteiger partial charge in [-0.25, -0.2) is 9.97 Å². The van der Waals surface area contributed by atoms with Gasteiger partial charge >= 0.3 is 0 Å². The van der Waals surface area contributed by atoms with E-state index in [0.717, 1.165) is 90.3 Å². The normalized spacial score (nSPS) is 12.2. The van der Waals surface area contributed by atoms with Gasteiger partial charge in [-0.1, -0.05) is 84.9 Å². The average Bonchev–Trinajstić information content (AvgIpc) is 3.86. The molecular weight excluding hydrogens is 685 g/mol. The van der Waals surface area contributed by atoms with Crippen LogP contribution in [0.3, 0.4) is 0 Å². The molecule has 6 nitrogen and oxygen atoms in total. The summed E-state index contributed by atoms with van der Waals surface area (Å²) >= 11 is 0. The lowest BCUT2D eigenvalue weighted by Crippen LogP contribution is -2.23. The molecule has 0 saturated carbocycles. The molecule has 2 aromatic heterocycles. The summed E-state index contributed by atoms with van der Waals surface area (Å²) in [5.41, 5.74) is 14.9. The smallest absolute Gasteiger partial charge is 0.145 e. The molecule has 10 aromatic rings. The van der Waals surface area contributed by atoms with Crippen molar-refractivity contribution >= 4 is 56.2 Å². The highest BCUT2D eigenvalue weighted by molar-refractivity contribution is 6.01. The van der Waals surface area contributed by atoms with Gasteiger partial charge in [-0.05, 0) is 121 Å². The predicted octanol–water partition coefficient (Wildman–Crippen LogP) is 13.0. The third kappa shape index (κ3) is 5.11. The van der Waals surface area contributed by atoms with Crippen LogP contribution < -0.4 is 9.80 Å². The van der Waals surface area contributed by atoms with E-state index in [1.807, 2.05) is 24.3 Å². The lowest BCUT2D eigenvalue weighted by molar-refractivity contribution is 1.10. The minimum absolute atomic E-state index is 0.914. The van der Waals surface area contributed by atoms with Gasteiger partial charge < -0.3 is 9.80 Å². The Morgan fingerprint density at radius 1 is 0.268 bits per heavy atom. The van der Waals surface area contributed by atoms with E-state index in [0.29, 0.717) is 0 Å². The molecule has 0 spiro atoms. The summed E-state index contributed by atoms with van der Waals surface area (Å²) in [6.07, 6.45) is 0. The molecule has 0 fully saturated rings. The molecule has 0 bridgehead atoms. The molecule has 56 heavy (non-hydrogen) atoms. The third-order valence-electron chi connectivity index (χ3n) is 10.6. The summed E-state index contributed by atoms with van der Waals surface area (Å²) in [6.45, 7) is 0. The fourth-order valence-electron chi connectivity index (χ4n) is 8.14. The van der Waals surface area contributed by atoms with E-state index in [4.69, 9.17) is 9.97 Å². The summed E-state index contributed by atoms with van der Waals surface area (Å²) in [5, 5.41) is 0. The zero-order valence-electron chi connectivity index (χ0n) is 30.3. The van der Waals surface area contributed by atoms with Gasteiger partial charge in [-0.15, -0.1) is 0 Å². The second-order valence-corrected chi connectivity index (χ2v) is 13.9. The molecule has 3 heterocycles. The van der Waals surface area contributed by atoms with Crippen LogP contribution in [0.2, 0.25) is 0 Å². The molecular formula is C50H34N6. The number of benzene rings is 8. The van der Waals surface area contributed by atoms with Gasteiger partial charge in [-0.2, -0.15) is 0 Å². The molecule has 1 aliphatic heterocycles. The lowest BCUT2D eigenvalue weighted by Gasteiger charge is -2.40. The number of rotatable bonds is 6. The highest BCUT2D eigenvalue weighted by atomic mass is 15.3. The van der Waals surface area contributed by atoms with Crippen LogP contribution in [0.5, 0.6) is 0 Å². The van der Waals surface area contributed by atoms with Crippen molar-refractivity contribution in [2.24, 2.45) is 0 Å². The SMILES string of the molecule is c1ccc(-n2c(-c3ccc(N4c5ccccc5N(c5ccc(-c6nc7ccccc7n6-c6ccccc6)cc5)c5ccccc54)cc3)nc3ccccc32)cc1. The van der Waals surface area contributed by atoms with Gasteiger partial charge in [0.05, 0.1) is 44.8 Å². The van der Waals surface area contributed by atoms with Gasteiger partial charge in [0.25, 0.3) is 0 Å². The van der Waals surface area contributed by atoms with E-state index in [1.165, 1.54) is 0 Å². The molecule has 6 heteroatoms. The fraction of sp³-hybridized carbons (Fsp3) is 0. The second-order valence-electron chi connectivity index (χ2n) is 13.9. The molecule has 0 unspecified atom stereocenters. The number of hydrogen-bond donors (Lipinski definition) is 0. The molecule has 264 valence electrons. The highest BCUT2D eigenvalue weighted by Crippen LogP contribution is 2.54. The number of imidazole rings is 2. The van der Waals surface area contributed by atoms with Crippen LogP contribution in [0.15, 0.2) is 206 Å². The van der Waals surface area contributed by atoms with E-state index in [2.05, 4.69) is 201 Å². The molecule has 0 N–H and O–H groups in total. The van der Waals surface area contributed by atoms with E-state index in [-0.39, 0.29) is 0 Å². The van der Waals surface area contributed by atoms with Crippen LogP contribution in [0, 0.1) is 0 Å². The van der Waals surface area contributed by atoms with Gasteiger partial charge in [0.15, 0.2) is 0 Å². The first-order valence-corrected chi connectivity index (χ1v) is 18.9. The Hall–Kier alpha value is -7.70. The first-order chi connectivity index (χ1) is 27.8.